The molecule has 1 aliphatic rings. The molecule has 16 heavy (non-hydrogen) atoms. The SMILES string of the molecule is OC(Cc1ccccn1)[C@@H]1CCC(F)(F)C1. The molecule has 1 aliphatic carbocycles. The quantitative estimate of drug-likeness (QED) is 0.860. The average molecular weight is 227 g/mol. The molecule has 1 fully saturated rings. The van der Waals surface area contributed by atoms with E-state index in [0.29, 0.717) is 12.8 Å². The van der Waals surface area contributed by atoms with Crippen LogP contribution in [0.3, 0.4) is 0 Å². The number of aliphatic hydroxyl groups excluding tert-OH is 1. The molecular weight excluding hydrogens is 212 g/mol. The van der Waals surface area contributed by atoms with Gasteiger partial charge in [0.05, 0.1) is 6.10 Å². The van der Waals surface area contributed by atoms with E-state index in [9.17, 15) is 13.9 Å². The van der Waals surface area contributed by atoms with Gasteiger partial charge in [-0.3, -0.25) is 4.98 Å². The van der Waals surface area contributed by atoms with E-state index >= 15 is 0 Å². The predicted molar refractivity (Wildman–Crippen MR) is 56.2 cm³/mol. The third-order valence-corrected chi connectivity index (χ3v) is 3.13. The monoisotopic (exact) mass is 227 g/mol. The van der Waals surface area contributed by atoms with Crippen LogP contribution in [0.15, 0.2) is 24.4 Å². The van der Waals surface area contributed by atoms with Crippen LogP contribution in [0.1, 0.15) is 25.0 Å². The van der Waals surface area contributed by atoms with Crippen molar-refractivity contribution < 1.29 is 13.9 Å². The van der Waals surface area contributed by atoms with E-state index < -0.39 is 12.0 Å². The summed E-state index contributed by atoms with van der Waals surface area (Å²) >= 11 is 0. The number of halogens is 2. The summed E-state index contributed by atoms with van der Waals surface area (Å²) in [6.07, 6.45) is 1.41. The molecule has 0 spiro atoms. The topological polar surface area (TPSA) is 33.1 Å². The molecule has 0 amide bonds. The maximum absolute atomic E-state index is 13.0. The minimum absolute atomic E-state index is 0.100. The Morgan fingerprint density at radius 3 is 2.88 bits per heavy atom. The molecule has 1 N–H and O–H groups in total. The lowest BCUT2D eigenvalue weighted by molar-refractivity contribution is -0.00488. The molecule has 4 heteroatoms. The Hall–Kier alpha value is -1.03. The predicted octanol–water partition coefficient (Wildman–Crippen LogP) is 2.42. The summed E-state index contributed by atoms with van der Waals surface area (Å²) in [5, 5.41) is 9.86. The summed E-state index contributed by atoms with van der Waals surface area (Å²) in [6.45, 7) is 0. The third-order valence-electron chi connectivity index (χ3n) is 3.13. The van der Waals surface area contributed by atoms with Crippen LogP contribution in [-0.2, 0) is 6.42 Å². The van der Waals surface area contributed by atoms with E-state index in [1.165, 1.54) is 0 Å². The Kier molecular flexibility index (Phi) is 3.19. The van der Waals surface area contributed by atoms with Crippen molar-refractivity contribution in [2.24, 2.45) is 5.92 Å². The number of aromatic nitrogens is 1. The zero-order valence-corrected chi connectivity index (χ0v) is 8.94. The Bertz CT molecular complexity index is 342. The maximum atomic E-state index is 13.0. The van der Waals surface area contributed by atoms with Crippen molar-refractivity contribution in [2.75, 3.05) is 0 Å². The molecule has 1 aromatic rings. The number of alkyl halides is 2. The van der Waals surface area contributed by atoms with Gasteiger partial charge in [-0.2, -0.15) is 0 Å². The van der Waals surface area contributed by atoms with E-state index in [0.717, 1.165) is 5.69 Å². The molecule has 0 saturated heterocycles. The van der Waals surface area contributed by atoms with Crippen LogP contribution in [0.4, 0.5) is 8.78 Å². The smallest absolute Gasteiger partial charge is 0.248 e. The molecule has 2 nitrogen and oxygen atoms in total. The Morgan fingerprint density at radius 1 is 1.50 bits per heavy atom. The molecule has 1 heterocycles. The van der Waals surface area contributed by atoms with Gasteiger partial charge in [-0.15, -0.1) is 0 Å². The van der Waals surface area contributed by atoms with E-state index in [-0.39, 0.29) is 18.8 Å². The van der Waals surface area contributed by atoms with Gasteiger partial charge in [0, 0.05) is 31.2 Å². The van der Waals surface area contributed by atoms with Gasteiger partial charge in [-0.1, -0.05) is 6.07 Å². The first-order chi connectivity index (χ1) is 7.57. The van der Waals surface area contributed by atoms with Crippen molar-refractivity contribution in [2.45, 2.75) is 37.7 Å². The van der Waals surface area contributed by atoms with E-state index in [1.807, 2.05) is 6.07 Å². The summed E-state index contributed by atoms with van der Waals surface area (Å²) < 4.78 is 25.9. The molecule has 1 unspecified atom stereocenters. The lowest BCUT2D eigenvalue weighted by atomic mass is 9.96. The molecule has 2 rings (SSSR count). The van der Waals surface area contributed by atoms with Gasteiger partial charge in [0.1, 0.15) is 0 Å². The number of nitrogens with zero attached hydrogens (tertiary/aromatic N) is 1. The van der Waals surface area contributed by atoms with Gasteiger partial charge in [0.25, 0.3) is 0 Å². The highest BCUT2D eigenvalue weighted by Gasteiger charge is 2.42. The first-order valence-electron chi connectivity index (χ1n) is 5.53. The number of hydrogen-bond acceptors (Lipinski definition) is 2. The second kappa shape index (κ2) is 4.45. The Labute approximate surface area is 93.3 Å². The third kappa shape index (κ3) is 2.76. The first kappa shape index (κ1) is 11.5. The minimum atomic E-state index is -2.59. The van der Waals surface area contributed by atoms with Crippen LogP contribution < -0.4 is 0 Å². The van der Waals surface area contributed by atoms with Crippen LogP contribution in [0, 0.1) is 5.92 Å². The van der Waals surface area contributed by atoms with Crippen molar-refractivity contribution >= 4 is 0 Å². The van der Waals surface area contributed by atoms with Crippen LogP contribution in [0.25, 0.3) is 0 Å². The lowest BCUT2D eigenvalue weighted by Crippen LogP contribution is -2.23. The largest absolute Gasteiger partial charge is 0.392 e. The molecule has 0 bridgehead atoms. The highest BCUT2D eigenvalue weighted by atomic mass is 19.3. The highest BCUT2D eigenvalue weighted by Crippen LogP contribution is 2.40. The van der Waals surface area contributed by atoms with Crippen LogP contribution in [0.2, 0.25) is 0 Å². The van der Waals surface area contributed by atoms with Gasteiger partial charge < -0.3 is 5.11 Å². The fraction of sp³-hybridized carbons (Fsp3) is 0.583. The van der Waals surface area contributed by atoms with Gasteiger partial charge >= 0.3 is 0 Å². The summed E-state index contributed by atoms with van der Waals surface area (Å²) in [6, 6.07) is 5.42. The summed E-state index contributed by atoms with van der Waals surface area (Å²) in [5.74, 6) is -2.88. The zero-order chi connectivity index (χ0) is 11.6. The normalized spacial score (nSPS) is 25.6. The molecule has 0 aromatic carbocycles. The standard InChI is InChI=1S/C12H15F2NO/c13-12(14)5-4-9(8-12)11(16)7-10-3-1-2-6-15-10/h1-3,6,9,11,16H,4-5,7-8H2/t9-,11?/m1/s1. The second-order valence-electron chi connectivity index (χ2n) is 4.45. The first-order valence-corrected chi connectivity index (χ1v) is 5.53. The summed E-state index contributed by atoms with van der Waals surface area (Å²) in [5.41, 5.74) is 0.755. The van der Waals surface area contributed by atoms with Crippen molar-refractivity contribution in [3.05, 3.63) is 30.1 Å². The fourth-order valence-electron chi connectivity index (χ4n) is 2.21. The molecule has 1 saturated carbocycles. The fourth-order valence-corrected chi connectivity index (χ4v) is 2.21. The summed E-state index contributed by atoms with van der Waals surface area (Å²) in [4.78, 5) is 4.08. The minimum Gasteiger partial charge on any atom is -0.392 e. The Morgan fingerprint density at radius 2 is 2.31 bits per heavy atom. The number of aliphatic hydroxyl groups is 1. The second-order valence-corrected chi connectivity index (χ2v) is 4.45. The molecule has 88 valence electrons. The lowest BCUT2D eigenvalue weighted by Gasteiger charge is -2.17. The van der Waals surface area contributed by atoms with Crippen molar-refractivity contribution in [1.29, 1.82) is 0 Å². The number of hydrogen-bond donors (Lipinski definition) is 1. The van der Waals surface area contributed by atoms with Crippen LogP contribution >= 0.6 is 0 Å². The van der Waals surface area contributed by atoms with E-state index in [2.05, 4.69) is 4.98 Å². The van der Waals surface area contributed by atoms with E-state index in [1.54, 1.807) is 18.3 Å². The molecule has 1 aromatic heterocycles. The summed E-state index contributed by atoms with van der Waals surface area (Å²) in [7, 11) is 0. The number of pyridine rings is 1. The zero-order valence-electron chi connectivity index (χ0n) is 8.94. The molecule has 2 atom stereocenters. The van der Waals surface area contributed by atoms with Gasteiger partial charge in [-0.05, 0) is 24.5 Å². The van der Waals surface area contributed by atoms with Crippen molar-refractivity contribution in [3.63, 3.8) is 0 Å². The van der Waals surface area contributed by atoms with Gasteiger partial charge in [0.15, 0.2) is 0 Å². The van der Waals surface area contributed by atoms with E-state index in [4.69, 9.17) is 0 Å². The highest BCUT2D eigenvalue weighted by molar-refractivity contribution is 5.05. The van der Waals surface area contributed by atoms with Gasteiger partial charge in [0.2, 0.25) is 5.92 Å². The van der Waals surface area contributed by atoms with Crippen LogP contribution in [0.5, 0.6) is 0 Å². The van der Waals surface area contributed by atoms with Crippen molar-refractivity contribution in [1.82, 2.24) is 4.98 Å². The number of rotatable bonds is 3. The van der Waals surface area contributed by atoms with Crippen LogP contribution in [-0.4, -0.2) is 22.1 Å². The average Bonchev–Trinajstić information content (AvgIpc) is 2.60. The maximum Gasteiger partial charge on any atom is 0.248 e. The van der Waals surface area contributed by atoms with Crippen molar-refractivity contribution in [3.8, 4) is 0 Å². The molecule has 0 radical (unpaired) electrons. The molecule has 0 aliphatic heterocycles. The molecular formula is C12H15F2NO. The Balaban J connectivity index is 1.92. The van der Waals surface area contributed by atoms with Gasteiger partial charge in [-0.25, -0.2) is 8.78 Å².